The second-order valence-electron chi connectivity index (χ2n) is 4.50. The molecule has 0 saturated carbocycles. The highest BCUT2D eigenvalue weighted by Crippen LogP contribution is 2.17. The highest BCUT2D eigenvalue weighted by molar-refractivity contribution is 7.89. The molecule has 1 atom stereocenters. The van der Waals surface area contributed by atoms with Gasteiger partial charge in [-0.2, -0.15) is 0 Å². The van der Waals surface area contributed by atoms with Crippen LogP contribution in [0.5, 0.6) is 0 Å². The Morgan fingerprint density at radius 2 is 1.89 bits per heavy atom. The molecule has 7 nitrogen and oxygen atoms in total. The van der Waals surface area contributed by atoms with Crippen molar-refractivity contribution in [2.75, 3.05) is 31.9 Å². The highest BCUT2D eigenvalue weighted by Gasteiger charge is 2.33. The lowest BCUT2D eigenvalue weighted by Crippen LogP contribution is -2.40. The maximum atomic E-state index is 11.9. The van der Waals surface area contributed by atoms with Gasteiger partial charge in [0.05, 0.1) is 5.92 Å². The van der Waals surface area contributed by atoms with Crippen LogP contribution in [0.25, 0.3) is 0 Å². The Morgan fingerprint density at radius 1 is 1.32 bits per heavy atom. The molecule has 8 heteroatoms. The molecule has 1 aliphatic heterocycles. The van der Waals surface area contributed by atoms with Crippen molar-refractivity contribution in [2.45, 2.75) is 20.3 Å². The van der Waals surface area contributed by atoms with Crippen molar-refractivity contribution in [3.63, 3.8) is 0 Å². The van der Waals surface area contributed by atoms with Crippen molar-refractivity contribution in [2.24, 2.45) is 5.92 Å². The van der Waals surface area contributed by atoms with Gasteiger partial charge in [-0.3, -0.25) is 9.59 Å². The number of amides is 1. The summed E-state index contributed by atoms with van der Waals surface area (Å²) in [4.78, 5) is 24.0. The van der Waals surface area contributed by atoms with Crippen molar-refractivity contribution < 1.29 is 23.1 Å². The van der Waals surface area contributed by atoms with Crippen LogP contribution < -0.4 is 0 Å². The number of hydrogen-bond donors (Lipinski definition) is 1. The van der Waals surface area contributed by atoms with Crippen LogP contribution in [0, 0.1) is 5.92 Å². The van der Waals surface area contributed by atoms with E-state index in [2.05, 4.69) is 0 Å². The van der Waals surface area contributed by atoms with Gasteiger partial charge < -0.3 is 10.0 Å². The maximum Gasteiger partial charge on any atom is 0.308 e. The summed E-state index contributed by atoms with van der Waals surface area (Å²) in [5, 5.41) is 8.85. The second-order valence-corrected chi connectivity index (χ2v) is 6.47. The summed E-state index contributed by atoms with van der Waals surface area (Å²) >= 11 is 0. The third-order valence-electron chi connectivity index (χ3n) is 3.29. The van der Waals surface area contributed by atoms with Crippen LogP contribution in [0.2, 0.25) is 0 Å². The molecule has 0 bridgehead atoms. The molecule has 0 aliphatic carbocycles. The number of carbonyl (C=O) groups excluding carboxylic acids is 1. The van der Waals surface area contributed by atoms with E-state index < -0.39 is 33.6 Å². The summed E-state index contributed by atoms with van der Waals surface area (Å²) in [6.45, 7) is 4.48. The Kier molecular flexibility index (Phi) is 5.30. The number of nitrogens with zero attached hydrogens (tertiary/aromatic N) is 2. The molecule has 110 valence electrons. The van der Waals surface area contributed by atoms with Crippen molar-refractivity contribution in [3.8, 4) is 0 Å². The zero-order chi connectivity index (χ0) is 14.6. The largest absolute Gasteiger partial charge is 0.481 e. The number of carbonyl (C=O) groups is 2. The Bertz CT molecular complexity index is 444. The molecule has 1 aliphatic rings. The van der Waals surface area contributed by atoms with E-state index in [1.54, 1.807) is 13.8 Å². The first-order valence-corrected chi connectivity index (χ1v) is 7.91. The van der Waals surface area contributed by atoms with Crippen molar-refractivity contribution >= 4 is 21.9 Å². The normalized spacial score (nSPS) is 19.9. The maximum absolute atomic E-state index is 11.9. The molecule has 1 heterocycles. The monoisotopic (exact) mass is 292 g/mol. The lowest BCUT2D eigenvalue weighted by molar-refractivity contribution is -0.141. The zero-order valence-electron chi connectivity index (χ0n) is 11.2. The first-order valence-electron chi connectivity index (χ1n) is 6.30. The van der Waals surface area contributed by atoms with E-state index in [4.69, 9.17) is 5.11 Å². The number of likely N-dealkylation sites (tertiary alicyclic amines) is 1. The molecule has 1 rings (SSSR count). The van der Waals surface area contributed by atoms with Crippen LogP contribution in [0.3, 0.4) is 0 Å². The molecule has 0 radical (unpaired) electrons. The number of carboxylic acid groups (broad SMARTS) is 1. The fourth-order valence-corrected chi connectivity index (χ4v) is 3.61. The van der Waals surface area contributed by atoms with Gasteiger partial charge in [-0.25, -0.2) is 12.7 Å². The average Bonchev–Trinajstić information content (AvgIpc) is 2.78. The lowest BCUT2D eigenvalue weighted by atomic mass is 10.1. The summed E-state index contributed by atoms with van der Waals surface area (Å²) in [5.74, 6) is -2.63. The van der Waals surface area contributed by atoms with E-state index in [-0.39, 0.29) is 6.54 Å². The van der Waals surface area contributed by atoms with E-state index >= 15 is 0 Å². The molecule has 0 spiro atoms. The van der Waals surface area contributed by atoms with Gasteiger partial charge in [-0.05, 0) is 6.42 Å². The number of aliphatic carboxylic acids is 1. The minimum atomic E-state index is -3.60. The second kappa shape index (κ2) is 6.33. The predicted molar refractivity (Wildman–Crippen MR) is 69.0 cm³/mol. The number of hydrogen-bond acceptors (Lipinski definition) is 4. The van der Waals surface area contributed by atoms with Gasteiger partial charge in [0.15, 0.2) is 0 Å². The van der Waals surface area contributed by atoms with E-state index in [1.165, 1.54) is 9.21 Å². The first-order chi connectivity index (χ1) is 8.81. The Morgan fingerprint density at radius 3 is 2.32 bits per heavy atom. The van der Waals surface area contributed by atoms with Crippen molar-refractivity contribution in [1.82, 2.24) is 9.21 Å². The topological polar surface area (TPSA) is 95.0 Å². The SMILES string of the molecule is CCN(CC)S(=O)(=O)CC(=O)N1CC[C@H](C(=O)O)C1. The van der Waals surface area contributed by atoms with Gasteiger partial charge in [0.2, 0.25) is 15.9 Å². The molecule has 1 saturated heterocycles. The molecule has 1 fully saturated rings. The first kappa shape index (κ1) is 15.9. The molecule has 0 unspecified atom stereocenters. The molecular weight excluding hydrogens is 272 g/mol. The summed E-state index contributed by atoms with van der Waals surface area (Å²) in [7, 11) is -3.60. The van der Waals surface area contributed by atoms with E-state index in [1.807, 2.05) is 0 Å². The highest BCUT2D eigenvalue weighted by atomic mass is 32.2. The van der Waals surface area contributed by atoms with E-state index in [0.29, 0.717) is 26.1 Å². The Hall–Kier alpha value is -1.15. The van der Waals surface area contributed by atoms with E-state index in [9.17, 15) is 18.0 Å². The van der Waals surface area contributed by atoms with Gasteiger partial charge >= 0.3 is 5.97 Å². The Labute approximate surface area is 113 Å². The summed E-state index contributed by atoms with van der Waals surface area (Å²) in [6.07, 6.45) is 0.381. The van der Waals surface area contributed by atoms with Crippen LogP contribution in [0.4, 0.5) is 0 Å². The summed E-state index contributed by atoms with van der Waals surface area (Å²) in [6, 6.07) is 0. The molecule has 1 amide bonds. The summed E-state index contributed by atoms with van der Waals surface area (Å²) in [5.41, 5.74) is 0. The number of sulfonamides is 1. The third-order valence-corrected chi connectivity index (χ3v) is 5.21. The van der Waals surface area contributed by atoms with Crippen LogP contribution in [-0.2, 0) is 19.6 Å². The van der Waals surface area contributed by atoms with Crippen LogP contribution in [0.15, 0.2) is 0 Å². The van der Waals surface area contributed by atoms with Gasteiger partial charge in [0, 0.05) is 26.2 Å². The lowest BCUT2D eigenvalue weighted by Gasteiger charge is -2.21. The predicted octanol–water partition coefficient (Wildman–Crippen LogP) is -0.409. The Balaban J connectivity index is 2.64. The minimum Gasteiger partial charge on any atom is -0.481 e. The van der Waals surface area contributed by atoms with Crippen molar-refractivity contribution in [3.05, 3.63) is 0 Å². The molecule has 0 aromatic heterocycles. The fraction of sp³-hybridized carbons (Fsp3) is 0.818. The van der Waals surface area contributed by atoms with Crippen molar-refractivity contribution in [1.29, 1.82) is 0 Å². The van der Waals surface area contributed by atoms with Crippen LogP contribution in [-0.4, -0.2) is 66.5 Å². The van der Waals surface area contributed by atoms with Gasteiger partial charge in [-0.1, -0.05) is 13.8 Å². The molecular formula is C11H20N2O5S. The van der Waals surface area contributed by atoms with Crippen LogP contribution >= 0.6 is 0 Å². The number of carboxylic acids is 1. The van der Waals surface area contributed by atoms with Crippen LogP contribution in [0.1, 0.15) is 20.3 Å². The summed E-state index contributed by atoms with van der Waals surface area (Å²) < 4.78 is 25.1. The molecule has 0 aromatic carbocycles. The number of rotatable bonds is 6. The fourth-order valence-electron chi connectivity index (χ4n) is 2.14. The zero-order valence-corrected chi connectivity index (χ0v) is 12.0. The third kappa shape index (κ3) is 3.90. The minimum absolute atomic E-state index is 0.0991. The molecule has 0 aromatic rings. The van der Waals surface area contributed by atoms with Gasteiger partial charge in [-0.15, -0.1) is 0 Å². The molecule has 19 heavy (non-hydrogen) atoms. The average molecular weight is 292 g/mol. The smallest absolute Gasteiger partial charge is 0.308 e. The van der Waals surface area contributed by atoms with Gasteiger partial charge in [0.1, 0.15) is 5.75 Å². The van der Waals surface area contributed by atoms with Gasteiger partial charge in [0.25, 0.3) is 0 Å². The quantitative estimate of drug-likeness (QED) is 0.718. The molecule has 1 N–H and O–H groups in total. The van der Waals surface area contributed by atoms with E-state index in [0.717, 1.165) is 0 Å². The standard InChI is InChI=1S/C11H20N2O5S/c1-3-13(4-2)19(17,18)8-10(14)12-6-5-9(7-12)11(15)16/h9H,3-8H2,1-2H3,(H,15,16)/t9-/m0/s1.